The van der Waals surface area contributed by atoms with E-state index in [-0.39, 0.29) is 10.8 Å². The van der Waals surface area contributed by atoms with Crippen LogP contribution in [-0.4, -0.2) is 21.6 Å². The second kappa shape index (κ2) is 10.6. The van der Waals surface area contributed by atoms with Crippen molar-refractivity contribution in [3.05, 3.63) is 59.7 Å². The fourth-order valence-electron chi connectivity index (χ4n) is 3.30. The van der Waals surface area contributed by atoms with E-state index in [1.165, 1.54) is 11.1 Å². The minimum absolute atomic E-state index is 0.0283. The van der Waals surface area contributed by atoms with Gasteiger partial charge in [0.25, 0.3) is 0 Å². The Labute approximate surface area is 189 Å². The minimum atomic E-state index is -3.44. The Morgan fingerprint density at radius 2 is 1.52 bits per heavy atom. The first-order valence-electron chi connectivity index (χ1n) is 11.4. The Hall–Kier alpha value is -1.85. The van der Waals surface area contributed by atoms with Gasteiger partial charge in [-0.2, -0.15) is 0 Å². The molecule has 4 nitrogen and oxygen atoms in total. The summed E-state index contributed by atoms with van der Waals surface area (Å²) in [5, 5.41) is 0. The van der Waals surface area contributed by atoms with Crippen molar-refractivity contribution < 1.29 is 13.2 Å². The Morgan fingerprint density at radius 3 is 2.13 bits per heavy atom. The monoisotopic (exact) mass is 445 g/mol. The van der Waals surface area contributed by atoms with E-state index in [1.54, 1.807) is 30.3 Å². The van der Waals surface area contributed by atoms with Gasteiger partial charge < -0.3 is 4.74 Å². The van der Waals surface area contributed by atoms with E-state index in [9.17, 15) is 8.42 Å². The number of nitrogens with one attached hydrogen (secondary N) is 1. The zero-order valence-corrected chi connectivity index (χ0v) is 20.8. The number of rotatable bonds is 12. The van der Waals surface area contributed by atoms with Crippen LogP contribution in [-0.2, 0) is 20.9 Å². The summed E-state index contributed by atoms with van der Waals surface area (Å²) in [5.41, 5.74) is 2.75. The van der Waals surface area contributed by atoms with Gasteiger partial charge in [-0.1, -0.05) is 71.9 Å². The molecular weight excluding hydrogens is 406 g/mol. The highest BCUT2D eigenvalue weighted by Crippen LogP contribution is 2.38. The summed E-state index contributed by atoms with van der Waals surface area (Å²) in [4.78, 5) is 0.299. The number of benzene rings is 2. The number of ether oxygens (including phenoxy) is 1. The van der Waals surface area contributed by atoms with Crippen molar-refractivity contribution in [3.8, 4) is 5.75 Å². The Kier molecular flexibility index (Phi) is 8.73. The van der Waals surface area contributed by atoms with Crippen LogP contribution < -0.4 is 9.46 Å². The largest absolute Gasteiger partial charge is 0.493 e. The van der Waals surface area contributed by atoms with Gasteiger partial charge >= 0.3 is 0 Å². The summed E-state index contributed by atoms with van der Waals surface area (Å²) in [7, 11) is -3.44. The molecule has 0 saturated carbocycles. The molecule has 31 heavy (non-hydrogen) atoms. The van der Waals surface area contributed by atoms with E-state index in [0.29, 0.717) is 18.0 Å². The van der Waals surface area contributed by atoms with E-state index in [1.807, 2.05) is 0 Å². The van der Waals surface area contributed by atoms with Crippen molar-refractivity contribution in [3.63, 3.8) is 0 Å². The Morgan fingerprint density at radius 1 is 0.871 bits per heavy atom. The van der Waals surface area contributed by atoms with Crippen LogP contribution in [0.3, 0.4) is 0 Å². The highest BCUT2D eigenvalue weighted by atomic mass is 32.2. The quantitative estimate of drug-likeness (QED) is 0.396. The first-order chi connectivity index (χ1) is 14.5. The number of sulfonamides is 1. The molecule has 0 spiro atoms. The van der Waals surface area contributed by atoms with Crippen LogP contribution in [0.1, 0.15) is 78.4 Å². The van der Waals surface area contributed by atoms with Gasteiger partial charge in [0.1, 0.15) is 5.75 Å². The molecule has 0 heterocycles. The molecule has 0 saturated heterocycles. The molecule has 2 aromatic carbocycles. The van der Waals surface area contributed by atoms with Crippen LogP contribution in [0.15, 0.2) is 53.4 Å². The van der Waals surface area contributed by atoms with Crippen molar-refractivity contribution in [1.29, 1.82) is 0 Å². The van der Waals surface area contributed by atoms with Crippen molar-refractivity contribution in [2.75, 3.05) is 13.2 Å². The maximum atomic E-state index is 12.3. The second-order valence-electron chi connectivity index (χ2n) is 9.45. The average molecular weight is 446 g/mol. The second-order valence-corrected chi connectivity index (χ2v) is 11.2. The third-order valence-corrected chi connectivity index (χ3v) is 7.91. The molecule has 0 amide bonds. The number of hydrogen-bond donors (Lipinski definition) is 1. The van der Waals surface area contributed by atoms with Gasteiger partial charge in [0.2, 0.25) is 10.0 Å². The normalized spacial score (nSPS) is 12.7. The molecule has 0 unspecified atom stereocenters. The van der Waals surface area contributed by atoms with Crippen molar-refractivity contribution >= 4 is 10.0 Å². The van der Waals surface area contributed by atoms with Gasteiger partial charge in [-0.3, -0.25) is 0 Å². The summed E-state index contributed by atoms with van der Waals surface area (Å²) >= 11 is 0. The molecule has 0 radical (unpaired) electrons. The molecule has 0 aliphatic carbocycles. The predicted octanol–water partition coefficient (Wildman–Crippen LogP) is 6.20. The van der Waals surface area contributed by atoms with E-state index < -0.39 is 10.0 Å². The molecule has 0 aromatic heterocycles. The molecule has 0 bridgehead atoms. The van der Waals surface area contributed by atoms with Gasteiger partial charge in [0.15, 0.2) is 0 Å². The highest BCUT2D eigenvalue weighted by Gasteiger charge is 2.26. The first-order valence-corrected chi connectivity index (χ1v) is 12.8. The van der Waals surface area contributed by atoms with Crippen LogP contribution in [0.5, 0.6) is 5.75 Å². The summed E-state index contributed by atoms with van der Waals surface area (Å²) < 4.78 is 33.4. The van der Waals surface area contributed by atoms with Gasteiger partial charge in [0.05, 0.1) is 11.5 Å². The van der Waals surface area contributed by atoms with Crippen molar-refractivity contribution in [1.82, 2.24) is 4.72 Å². The standard InChI is InChI=1S/C26H39NO3S/c1-7-25(3,4)21-16-17-24(23(20-21)26(5,6)8-2)30-19-13-12-18-27-31(28,29)22-14-10-9-11-15-22/h9-11,14-17,20,27H,7-8,12-13,18-19H2,1-6H3. The molecule has 1 N–H and O–H groups in total. The van der Waals surface area contributed by atoms with E-state index in [0.717, 1.165) is 31.4 Å². The molecule has 0 atom stereocenters. The van der Waals surface area contributed by atoms with Gasteiger partial charge in [-0.15, -0.1) is 0 Å². The van der Waals surface area contributed by atoms with Crippen LogP contribution in [0, 0.1) is 0 Å². The SMILES string of the molecule is CCC(C)(C)c1ccc(OCCCCNS(=O)(=O)c2ccccc2)c(C(C)(C)CC)c1. The van der Waals surface area contributed by atoms with Crippen LogP contribution >= 0.6 is 0 Å². The maximum absolute atomic E-state index is 12.3. The maximum Gasteiger partial charge on any atom is 0.240 e. The summed E-state index contributed by atoms with van der Waals surface area (Å²) in [5.74, 6) is 0.937. The average Bonchev–Trinajstić information content (AvgIpc) is 2.76. The lowest BCUT2D eigenvalue weighted by atomic mass is 9.76. The Balaban J connectivity index is 1.96. The predicted molar refractivity (Wildman–Crippen MR) is 129 cm³/mol. The molecule has 0 aliphatic rings. The number of hydrogen-bond acceptors (Lipinski definition) is 3. The lowest BCUT2D eigenvalue weighted by molar-refractivity contribution is 0.296. The molecule has 5 heteroatoms. The van der Waals surface area contributed by atoms with Crippen molar-refractivity contribution in [2.24, 2.45) is 0 Å². The van der Waals surface area contributed by atoms with Gasteiger partial charge in [-0.25, -0.2) is 13.1 Å². The zero-order chi connectivity index (χ0) is 23.1. The van der Waals surface area contributed by atoms with Crippen molar-refractivity contribution in [2.45, 2.75) is 83.0 Å². The molecule has 172 valence electrons. The number of unbranched alkanes of at least 4 members (excludes halogenated alkanes) is 1. The van der Waals surface area contributed by atoms with E-state index in [4.69, 9.17) is 4.74 Å². The lowest BCUT2D eigenvalue weighted by Crippen LogP contribution is -2.25. The van der Waals surface area contributed by atoms with Crippen LogP contribution in [0.2, 0.25) is 0 Å². The molecule has 2 rings (SSSR count). The Bertz CT molecular complexity index is 934. The smallest absolute Gasteiger partial charge is 0.240 e. The van der Waals surface area contributed by atoms with Gasteiger partial charge in [0, 0.05) is 12.1 Å². The first kappa shape index (κ1) is 25.4. The lowest BCUT2D eigenvalue weighted by Gasteiger charge is -2.30. The van der Waals surface area contributed by atoms with E-state index >= 15 is 0 Å². The van der Waals surface area contributed by atoms with Crippen LogP contribution in [0.25, 0.3) is 0 Å². The summed E-state index contributed by atoms with van der Waals surface area (Å²) in [6, 6.07) is 15.1. The third kappa shape index (κ3) is 6.81. The third-order valence-electron chi connectivity index (χ3n) is 6.43. The summed E-state index contributed by atoms with van der Waals surface area (Å²) in [6.07, 6.45) is 3.61. The summed E-state index contributed by atoms with van der Waals surface area (Å²) in [6.45, 7) is 14.5. The molecule has 2 aromatic rings. The zero-order valence-electron chi connectivity index (χ0n) is 20.0. The molecular formula is C26H39NO3S. The highest BCUT2D eigenvalue weighted by molar-refractivity contribution is 7.89. The topological polar surface area (TPSA) is 55.4 Å². The minimum Gasteiger partial charge on any atom is -0.493 e. The molecule has 0 fully saturated rings. The van der Waals surface area contributed by atoms with Crippen LogP contribution in [0.4, 0.5) is 0 Å². The fourth-order valence-corrected chi connectivity index (χ4v) is 4.39. The van der Waals surface area contributed by atoms with Gasteiger partial charge in [-0.05, 0) is 60.3 Å². The van der Waals surface area contributed by atoms with E-state index in [2.05, 4.69) is 64.5 Å². The fraction of sp³-hybridized carbons (Fsp3) is 0.538. The molecule has 0 aliphatic heterocycles.